The number of carbonyl (C=O) groups excluding carboxylic acids is 2. The monoisotopic (exact) mass is 396 g/mol. The lowest BCUT2D eigenvalue weighted by atomic mass is 9.87. The maximum Gasteiger partial charge on any atom is 0.239 e. The fraction of sp³-hybridized carbons (Fsp3) is 0.522. The predicted molar refractivity (Wildman–Crippen MR) is 114 cm³/mol. The van der Waals surface area contributed by atoms with Gasteiger partial charge in [-0.05, 0) is 62.8 Å². The Morgan fingerprint density at radius 1 is 1.03 bits per heavy atom. The van der Waals surface area contributed by atoms with E-state index in [2.05, 4.69) is 33.9 Å². The van der Waals surface area contributed by atoms with Crippen molar-refractivity contribution in [3.63, 3.8) is 0 Å². The Kier molecular flexibility index (Phi) is 7.44. The molecule has 0 spiro atoms. The van der Waals surface area contributed by atoms with Crippen molar-refractivity contribution >= 4 is 11.8 Å². The number of rotatable bonds is 8. The number of amides is 2. The second kappa shape index (κ2) is 10.2. The van der Waals surface area contributed by atoms with Crippen molar-refractivity contribution in [3.8, 4) is 5.69 Å². The number of carbonyl (C=O) groups is 2. The lowest BCUT2D eigenvalue weighted by Gasteiger charge is -2.20. The average molecular weight is 397 g/mol. The SMILES string of the molecule is Cc1cc(C)n(-c2ccc(CCNC(=O)CNC(=O)CC3CCCCC3)cc2)n1. The largest absolute Gasteiger partial charge is 0.354 e. The molecule has 156 valence electrons. The highest BCUT2D eigenvalue weighted by Crippen LogP contribution is 2.25. The number of benzene rings is 1. The molecule has 2 N–H and O–H groups in total. The van der Waals surface area contributed by atoms with E-state index in [4.69, 9.17) is 0 Å². The third-order valence-corrected chi connectivity index (χ3v) is 5.57. The van der Waals surface area contributed by atoms with E-state index >= 15 is 0 Å². The Hall–Kier alpha value is -2.63. The van der Waals surface area contributed by atoms with E-state index in [1.807, 2.05) is 30.7 Å². The van der Waals surface area contributed by atoms with Gasteiger partial charge >= 0.3 is 0 Å². The molecular weight excluding hydrogens is 364 g/mol. The molecule has 1 aliphatic rings. The molecule has 0 saturated heterocycles. The van der Waals surface area contributed by atoms with E-state index in [0.29, 0.717) is 18.9 Å². The smallest absolute Gasteiger partial charge is 0.239 e. The van der Waals surface area contributed by atoms with Crippen LogP contribution in [0.5, 0.6) is 0 Å². The molecule has 1 saturated carbocycles. The molecule has 6 heteroatoms. The number of hydrogen-bond acceptors (Lipinski definition) is 3. The Morgan fingerprint density at radius 3 is 2.41 bits per heavy atom. The second-order valence-electron chi connectivity index (χ2n) is 8.09. The van der Waals surface area contributed by atoms with E-state index in [1.54, 1.807) is 0 Å². The van der Waals surface area contributed by atoms with E-state index in [-0.39, 0.29) is 18.4 Å². The van der Waals surface area contributed by atoms with Crippen LogP contribution in [0.25, 0.3) is 5.69 Å². The average Bonchev–Trinajstić information content (AvgIpc) is 3.06. The first-order valence-corrected chi connectivity index (χ1v) is 10.7. The summed E-state index contributed by atoms with van der Waals surface area (Å²) in [7, 11) is 0. The van der Waals surface area contributed by atoms with Gasteiger partial charge in [-0.3, -0.25) is 9.59 Å². The van der Waals surface area contributed by atoms with E-state index in [9.17, 15) is 9.59 Å². The van der Waals surface area contributed by atoms with Crippen LogP contribution in [0.3, 0.4) is 0 Å². The molecule has 0 unspecified atom stereocenters. The summed E-state index contributed by atoms with van der Waals surface area (Å²) in [5, 5.41) is 10.1. The Labute approximate surface area is 173 Å². The quantitative estimate of drug-likeness (QED) is 0.719. The minimum Gasteiger partial charge on any atom is -0.354 e. The van der Waals surface area contributed by atoms with Crippen molar-refractivity contribution in [2.75, 3.05) is 13.1 Å². The van der Waals surface area contributed by atoms with E-state index in [1.165, 1.54) is 19.3 Å². The standard InChI is InChI=1S/C23H32N4O2/c1-17-14-18(2)27(26-17)21-10-8-19(9-11-21)12-13-24-23(29)16-25-22(28)15-20-6-4-3-5-7-20/h8-11,14,20H,3-7,12-13,15-16H2,1-2H3,(H,24,29)(H,25,28). The van der Waals surface area contributed by atoms with Crippen LogP contribution in [-0.4, -0.2) is 34.7 Å². The van der Waals surface area contributed by atoms with Crippen molar-refractivity contribution < 1.29 is 9.59 Å². The molecule has 1 aromatic carbocycles. The number of nitrogens with zero attached hydrogens (tertiary/aromatic N) is 2. The fourth-order valence-corrected chi connectivity index (χ4v) is 4.01. The zero-order valence-electron chi connectivity index (χ0n) is 17.5. The minimum atomic E-state index is -0.138. The van der Waals surface area contributed by atoms with Crippen molar-refractivity contribution in [2.24, 2.45) is 5.92 Å². The second-order valence-corrected chi connectivity index (χ2v) is 8.09. The van der Waals surface area contributed by atoms with Gasteiger partial charge in [-0.2, -0.15) is 5.10 Å². The highest BCUT2D eigenvalue weighted by molar-refractivity contribution is 5.84. The minimum absolute atomic E-state index is 0.00760. The summed E-state index contributed by atoms with van der Waals surface area (Å²) >= 11 is 0. The summed E-state index contributed by atoms with van der Waals surface area (Å²) in [6.07, 6.45) is 7.30. The Balaban J connectivity index is 1.35. The molecule has 1 heterocycles. The van der Waals surface area contributed by atoms with E-state index in [0.717, 1.165) is 41.9 Å². The van der Waals surface area contributed by atoms with Crippen LogP contribution >= 0.6 is 0 Å². The summed E-state index contributed by atoms with van der Waals surface area (Å²) in [5.74, 6) is 0.345. The van der Waals surface area contributed by atoms with Gasteiger partial charge in [0.1, 0.15) is 0 Å². The molecule has 0 radical (unpaired) electrons. The molecule has 0 atom stereocenters. The van der Waals surface area contributed by atoms with Crippen LogP contribution in [0.15, 0.2) is 30.3 Å². The molecule has 6 nitrogen and oxygen atoms in total. The predicted octanol–water partition coefficient (Wildman–Crippen LogP) is 3.23. The van der Waals surface area contributed by atoms with Crippen LogP contribution < -0.4 is 10.6 Å². The number of aromatic nitrogens is 2. The summed E-state index contributed by atoms with van der Waals surface area (Å²) in [6.45, 7) is 4.63. The van der Waals surface area contributed by atoms with Crippen molar-refractivity contribution in [1.29, 1.82) is 0 Å². The highest BCUT2D eigenvalue weighted by Gasteiger charge is 2.17. The highest BCUT2D eigenvalue weighted by atomic mass is 16.2. The first kappa shape index (κ1) is 21.1. The van der Waals surface area contributed by atoms with Crippen molar-refractivity contribution in [1.82, 2.24) is 20.4 Å². The van der Waals surface area contributed by atoms with Crippen LogP contribution in [0.4, 0.5) is 0 Å². The van der Waals surface area contributed by atoms with Crippen molar-refractivity contribution in [2.45, 2.75) is 58.8 Å². The van der Waals surface area contributed by atoms with Gasteiger partial charge in [0.15, 0.2) is 0 Å². The summed E-state index contributed by atoms with van der Waals surface area (Å²) < 4.78 is 1.93. The third-order valence-electron chi connectivity index (χ3n) is 5.57. The van der Waals surface area contributed by atoms with Crippen LogP contribution in [0, 0.1) is 19.8 Å². The molecule has 29 heavy (non-hydrogen) atoms. The van der Waals surface area contributed by atoms with Gasteiger partial charge in [0.2, 0.25) is 11.8 Å². The molecule has 0 bridgehead atoms. The Bertz CT molecular complexity index is 820. The molecule has 2 aromatic rings. The van der Waals surface area contributed by atoms with Gasteiger partial charge < -0.3 is 10.6 Å². The van der Waals surface area contributed by atoms with Gasteiger partial charge in [0, 0.05) is 18.7 Å². The third kappa shape index (κ3) is 6.44. The summed E-state index contributed by atoms with van der Waals surface area (Å²) in [4.78, 5) is 24.0. The summed E-state index contributed by atoms with van der Waals surface area (Å²) in [6, 6.07) is 10.3. The van der Waals surface area contributed by atoms with Gasteiger partial charge in [0.05, 0.1) is 17.9 Å². The number of aryl methyl sites for hydroxylation is 2. The first-order valence-electron chi connectivity index (χ1n) is 10.7. The van der Waals surface area contributed by atoms with Crippen molar-refractivity contribution in [3.05, 3.63) is 47.3 Å². The van der Waals surface area contributed by atoms with E-state index < -0.39 is 0 Å². The molecule has 1 fully saturated rings. The van der Waals surface area contributed by atoms with Gasteiger partial charge in [-0.25, -0.2) is 4.68 Å². The van der Waals surface area contributed by atoms with Gasteiger partial charge in [-0.1, -0.05) is 31.4 Å². The van der Waals surface area contributed by atoms with Crippen LogP contribution in [-0.2, 0) is 16.0 Å². The Morgan fingerprint density at radius 2 is 1.76 bits per heavy atom. The molecule has 0 aliphatic heterocycles. The first-order chi connectivity index (χ1) is 14.0. The maximum absolute atomic E-state index is 12.0. The fourth-order valence-electron chi connectivity index (χ4n) is 4.01. The number of hydrogen-bond donors (Lipinski definition) is 2. The van der Waals surface area contributed by atoms with Gasteiger partial charge in [0.25, 0.3) is 0 Å². The zero-order valence-corrected chi connectivity index (χ0v) is 17.5. The van der Waals surface area contributed by atoms with Crippen LogP contribution in [0.2, 0.25) is 0 Å². The molecule has 1 aromatic heterocycles. The van der Waals surface area contributed by atoms with Gasteiger partial charge in [-0.15, -0.1) is 0 Å². The molecular formula is C23H32N4O2. The number of nitrogens with one attached hydrogen (secondary N) is 2. The molecule has 1 aliphatic carbocycles. The lowest BCUT2D eigenvalue weighted by molar-refractivity contribution is -0.126. The topological polar surface area (TPSA) is 76.0 Å². The zero-order chi connectivity index (χ0) is 20.6. The maximum atomic E-state index is 12.0. The summed E-state index contributed by atoms with van der Waals surface area (Å²) in [5.41, 5.74) is 4.29. The normalized spacial score (nSPS) is 14.6. The molecule has 2 amide bonds. The van der Waals surface area contributed by atoms with Crippen LogP contribution in [0.1, 0.15) is 55.5 Å². The molecule has 3 rings (SSSR count). The lowest BCUT2D eigenvalue weighted by Crippen LogP contribution is -2.38.